The number of cyclic esters (lactones) is 1. The summed E-state index contributed by atoms with van der Waals surface area (Å²) in [7, 11) is 0. The molecule has 2 aromatic rings. The summed E-state index contributed by atoms with van der Waals surface area (Å²) in [5.74, 6) is -1.12. The maximum absolute atomic E-state index is 13.2. The van der Waals surface area contributed by atoms with E-state index >= 15 is 0 Å². The molecule has 0 unspecified atom stereocenters. The highest BCUT2D eigenvalue weighted by Gasteiger charge is 2.29. The Morgan fingerprint density at radius 1 is 1.02 bits per heavy atom. The lowest BCUT2D eigenvalue weighted by atomic mass is 10.0. The first-order valence-electron chi connectivity index (χ1n) is 14.8. The van der Waals surface area contributed by atoms with Gasteiger partial charge in [0.2, 0.25) is 5.91 Å². The number of carbonyl (C=O) groups is 4. The van der Waals surface area contributed by atoms with Gasteiger partial charge in [-0.15, -0.1) is 0 Å². The quantitative estimate of drug-likeness (QED) is 0.201. The van der Waals surface area contributed by atoms with Gasteiger partial charge in [0.05, 0.1) is 30.0 Å². The second-order valence-corrected chi connectivity index (χ2v) is 11.8. The van der Waals surface area contributed by atoms with E-state index in [9.17, 15) is 19.2 Å². The van der Waals surface area contributed by atoms with Crippen LogP contribution in [0, 0.1) is 5.92 Å². The van der Waals surface area contributed by atoms with Gasteiger partial charge in [-0.2, -0.15) is 0 Å². The van der Waals surface area contributed by atoms with Gasteiger partial charge in [0.25, 0.3) is 5.91 Å². The molecule has 226 valence electrons. The number of thioether (sulfide) groups is 1. The highest BCUT2D eigenvalue weighted by Crippen LogP contribution is 2.18. The number of hydrogen-bond acceptors (Lipinski definition) is 8. The van der Waals surface area contributed by atoms with E-state index in [1.807, 2.05) is 12.1 Å². The monoisotopic (exact) mass is 594 g/mol. The van der Waals surface area contributed by atoms with Crippen LogP contribution >= 0.6 is 11.8 Å². The van der Waals surface area contributed by atoms with Gasteiger partial charge in [-0.1, -0.05) is 76.4 Å². The number of nitrogens with zero attached hydrogens (tertiary/aromatic N) is 2. The smallest absolute Gasteiger partial charge is 0.329 e. The van der Waals surface area contributed by atoms with Crippen molar-refractivity contribution >= 4 is 34.7 Å². The molecule has 3 heterocycles. The van der Waals surface area contributed by atoms with Crippen LogP contribution in [0.3, 0.4) is 0 Å². The number of allylic oxidation sites excluding steroid dienone is 1. The average molecular weight is 595 g/mol. The van der Waals surface area contributed by atoms with Crippen LogP contribution in [0.5, 0.6) is 0 Å². The van der Waals surface area contributed by atoms with E-state index in [1.165, 1.54) is 31.0 Å². The highest BCUT2D eigenvalue weighted by molar-refractivity contribution is 8.13. The second-order valence-electron chi connectivity index (χ2n) is 10.7. The van der Waals surface area contributed by atoms with Crippen molar-refractivity contribution in [2.45, 2.75) is 90.8 Å². The third-order valence-electron chi connectivity index (χ3n) is 6.76. The van der Waals surface area contributed by atoms with Crippen molar-refractivity contribution < 1.29 is 23.9 Å². The largest absolute Gasteiger partial charge is 0.456 e. The Bertz CT molecular complexity index is 1250. The molecule has 1 aliphatic rings. The summed E-state index contributed by atoms with van der Waals surface area (Å²) in [5, 5.41) is 5.78. The van der Waals surface area contributed by atoms with Crippen LogP contribution in [0.25, 0.3) is 11.4 Å². The Morgan fingerprint density at radius 2 is 1.74 bits per heavy atom. The van der Waals surface area contributed by atoms with Crippen LogP contribution in [-0.2, 0) is 25.7 Å². The molecule has 9 nitrogen and oxygen atoms in total. The predicted molar refractivity (Wildman–Crippen MR) is 165 cm³/mol. The minimum absolute atomic E-state index is 0.0921. The van der Waals surface area contributed by atoms with Crippen molar-refractivity contribution in [1.82, 2.24) is 20.6 Å². The van der Waals surface area contributed by atoms with E-state index in [2.05, 4.69) is 27.5 Å². The third-order valence-corrected chi connectivity index (χ3v) is 7.73. The summed E-state index contributed by atoms with van der Waals surface area (Å²) in [5.41, 5.74) is 1.85. The molecular formula is C32H42N4O5S. The highest BCUT2D eigenvalue weighted by atomic mass is 32.2. The van der Waals surface area contributed by atoms with Crippen LogP contribution in [0.1, 0.15) is 88.3 Å². The second kappa shape index (κ2) is 17.4. The van der Waals surface area contributed by atoms with Gasteiger partial charge in [0, 0.05) is 12.2 Å². The number of aromatic nitrogens is 2. The number of hydrogen-bond donors (Lipinski definition) is 2. The topological polar surface area (TPSA) is 127 Å². The molecule has 0 aliphatic carbocycles. The van der Waals surface area contributed by atoms with Crippen LogP contribution in [-0.4, -0.2) is 50.8 Å². The Labute approximate surface area is 252 Å². The molecule has 1 aliphatic heterocycles. The molecule has 0 spiro atoms. The summed E-state index contributed by atoms with van der Waals surface area (Å²) < 4.78 is 5.74. The van der Waals surface area contributed by atoms with Gasteiger partial charge in [-0.3, -0.25) is 14.4 Å². The molecule has 42 heavy (non-hydrogen) atoms. The Morgan fingerprint density at radius 3 is 2.50 bits per heavy atom. The molecule has 0 radical (unpaired) electrons. The number of fused-ring (bicyclic) bond motifs is 5. The van der Waals surface area contributed by atoms with Crippen molar-refractivity contribution in [3.8, 4) is 11.4 Å². The zero-order valence-corrected chi connectivity index (χ0v) is 25.6. The molecule has 0 saturated heterocycles. The predicted octanol–water partition coefficient (Wildman–Crippen LogP) is 5.40. The third kappa shape index (κ3) is 11.0. The van der Waals surface area contributed by atoms with Crippen LogP contribution < -0.4 is 10.6 Å². The van der Waals surface area contributed by atoms with Gasteiger partial charge in [0.15, 0.2) is 5.12 Å². The van der Waals surface area contributed by atoms with Gasteiger partial charge in [0.1, 0.15) is 17.8 Å². The van der Waals surface area contributed by atoms with Gasteiger partial charge >= 0.3 is 5.97 Å². The first-order chi connectivity index (χ1) is 20.3. The van der Waals surface area contributed by atoms with Crippen LogP contribution in [0.2, 0.25) is 0 Å². The van der Waals surface area contributed by atoms with E-state index in [0.717, 1.165) is 12.8 Å². The normalized spacial score (nSPS) is 18.0. The van der Waals surface area contributed by atoms with Crippen molar-refractivity contribution in [2.75, 3.05) is 5.75 Å². The summed E-state index contributed by atoms with van der Waals surface area (Å²) >= 11 is 1.31. The fourth-order valence-electron chi connectivity index (χ4n) is 4.39. The molecule has 0 aromatic carbocycles. The number of nitrogens with one attached hydrogen (secondary N) is 2. The maximum atomic E-state index is 13.2. The number of amides is 2. The Hall–Kier alpha value is -3.53. The molecule has 2 N–H and O–H groups in total. The zero-order valence-electron chi connectivity index (χ0n) is 24.8. The van der Waals surface area contributed by atoms with Crippen LogP contribution in [0.4, 0.5) is 0 Å². The number of esters is 1. The van der Waals surface area contributed by atoms with Gasteiger partial charge in [-0.25, -0.2) is 14.8 Å². The van der Waals surface area contributed by atoms with E-state index in [4.69, 9.17) is 4.74 Å². The molecular weight excluding hydrogens is 552 g/mol. The van der Waals surface area contributed by atoms with Gasteiger partial charge in [-0.05, 0) is 49.1 Å². The summed E-state index contributed by atoms with van der Waals surface area (Å²) in [6.45, 7) is 5.96. The van der Waals surface area contributed by atoms with Crippen molar-refractivity contribution in [3.05, 3.63) is 59.9 Å². The Balaban J connectivity index is 1.70. The van der Waals surface area contributed by atoms with E-state index in [0.29, 0.717) is 35.7 Å². The zero-order chi connectivity index (χ0) is 30.3. The van der Waals surface area contributed by atoms with E-state index in [1.54, 1.807) is 50.3 Å². The number of carbonyl (C=O) groups excluding carboxylic acids is 4. The molecule has 0 saturated carbocycles. The summed E-state index contributed by atoms with van der Waals surface area (Å²) in [4.78, 5) is 60.4. The minimum atomic E-state index is -0.943. The number of pyridine rings is 2. The van der Waals surface area contributed by atoms with Crippen molar-refractivity contribution in [3.63, 3.8) is 0 Å². The fourth-order valence-corrected chi connectivity index (χ4v) is 5.16. The lowest BCUT2D eigenvalue weighted by molar-refractivity contribution is -0.151. The molecule has 0 fully saturated rings. The van der Waals surface area contributed by atoms with Crippen molar-refractivity contribution in [2.24, 2.45) is 5.92 Å². The van der Waals surface area contributed by atoms with Gasteiger partial charge < -0.3 is 15.4 Å². The molecule has 2 amide bonds. The number of ether oxygens (including phenoxy) is 1. The molecule has 2 atom stereocenters. The Kier molecular flexibility index (Phi) is 13.7. The van der Waals surface area contributed by atoms with E-state index in [-0.39, 0.29) is 35.6 Å². The molecule has 10 heteroatoms. The SMILES string of the molecule is CCCCCCCC(=O)SCCC=C[C@@H]1CC(=O)NCc2cccc(n2)-c2cccc(n2)C(=O)N[C@@H](C(C)C)C(=O)O1. The van der Waals surface area contributed by atoms with Crippen molar-refractivity contribution in [1.29, 1.82) is 0 Å². The fraction of sp³-hybridized carbons (Fsp3) is 0.500. The summed E-state index contributed by atoms with van der Waals surface area (Å²) in [6.07, 6.45) is 9.29. The maximum Gasteiger partial charge on any atom is 0.329 e. The molecule has 4 bridgehead atoms. The number of unbranched alkanes of at least 4 members (excludes halogenated alkanes) is 4. The molecule has 3 rings (SSSR count). The average Bonchev–Trinajstić information content (AvgIpc) is 2.98. The summed E-state index contributed by atoms with van der Waals surface area (Å²) in [6, 6.07) is 9.49. The molecule has 2 aromatic heterocycles. The van der Waals surface area contributed by atoms with E-state index < -0.39 is 24.0 Å². The minimum Gasteiger partial charge on any atom is -0.456 e. The number of rotatable bonds is 11. The standard InChI is InChI=1S/C32H42N4O5S/c1-4-5-6-7-8-18-29(38)42-19-10-9-14-24-20-28(37)33-21-23-13-11-15-25(34-23)26-16-12-17-27(35-26)31(39)36-30(22(2)3)32(40)41-24/h9,11-17,22,24,30H,4-8,10,18-21H2,1-3H3,(H,33,37)(H,36,39)/t24-,30+/m1/s1. The lowest BCUT2D eigenvalue weighted by Crippen LogP contribution is -2.46. The first kappa shape index (κ1) is 33.0. The lowest BCUT2D eigenvalue weighted by Gasteiger charge is -2.23. The first-order valence-corrected chi connectivity index (χ1v) is 15.8. The van der Waals surface area contributed by atoms with Crippen LogP contribution in [0.15, 0.2) is 48.6 Å².